The van der Waals surface area contributed by atoms with E-state index >= 15 is 0 Å². The fourth-order valence-electron chi connectivity index (χ4n) is 3.71. The van der Waals surface area contributed by atoms with Crippen molar-refractivity contribution in [3.05, 3.63) is 70.5 Å². The number of hydrogen-bond donors (Lipinski definition) is 2. The van der Waals surface area contributed by atoms with Crippen LogP contribution in [0.25, 0.3) is 33.1 Å². The molecule has 5 rings (SSSR count). The minimum atomic E-state index is -0.132. The fourth-order valence-corrected chi connectivity index (χ4v) is 4.61. The number of fused-ring (bicyclic) bond motifs is 2. The highest BCUT2D eigenvalue weighted by Gasteiger charge is 2.19. The third kappa shape index (κ3) is 2.99. The normalized spacial score (nSPS) is 14.6. The van der Waals surface area contributed by atoms with Gasteiger partial charge in [0.2, 0.25) is 0 Å². The van der Waals surface area contributed by atoms with Crippen molar-refractivity contribution in [3.63, 3.8) is 0 Å². The quantitative estimate of drug-likeness (QED) is 0.547. The molecule has 5 nitrogen and oxygen atoms in total. The van der Waals surface area contributed by atoms with Gasteiger partial charge in [-0.05, 0) is 41.8 Å². The third-order valence-electron chi connectivity index (χ3n) is 5.21. The largest absolute Gasteiger partial charge is 0.354 e. The zero-order chi connectivity index (χ0) is 19.1. The van der Waals surface area contributed by atoms with Gasteiger partial charge in [-0.15, -0.1) is 0 Å². The summed E-state index contributed by atoms with van der Waals surface area (Å²) in [5.41, 5.74) is 3.63. The van der Waals surface area contributed by atoms with Crippen LogP contribution in [0.1, 0.15) is 10.4 Å². The average molecular weight is 389 g/mol. The lowest BCUT2D eigenvalue weighted by molar-refractivity contribution is 0.0772. The Hall–Kier alpha value is -2.99. The van der Waals surface area contributed by atoms with E-state index in [4.69, 9.17) is 0 Å². The number of rotatable bonds is 2. The average Bonchev–Trinajstić information content (AvgIpc) is 3.16. The van der Waals surface area contributed by atoms with Crippen molar-refractivity contribution >= 4 is 39.5 Å². The van der Waals surface area contributed by atoms with Crippen LogP contribution in [-0.4, -0.2) is 45.4 Å². The van der Waals surface area contributed by atoms with Crippen LogP contribution in [0.3, 0.4) is 0 Å². The molecule has 0 aliphatic carbocycles. The fraction of sp³-hybridized carbons (Fsp3) is 0.182. The number of H-pyrrole nitrogens is 2. The topological polar surface area (TPSA) is 69.0 Å². The van der Waals surface area contributed by atoms with Crippen molar-refractivity contribution in [2.75, 3.05) is 24.6 Å². The van der Waals surface area contributed by atoms with Crippen molar-refractivity contribution in [2.24, 2.45) is 0 Å². The number of thioether (sulfide) groups is 1. The van der Waals surface area contributed by atoms with Gasteiger partial charge >= 0.3 is 0 Å². The van der Waals surface area contributed by atoms with Crippen LogP contribution in [0.2, 0.25) is 0 Å². The zero-order valence-corrected chi connectivity index (χ0v) is 16.0. The van der Waals surface area contributed by atoms with Crippen LogP contribution in [0.4, 0.5) is 0 Å². The molecule has 2 aromatic heterocycles. The number of aromatic nitrogens is 2. The lowest BCUT2D eigenvalue weighted by atomic mass is 10.1. The lowest BCUT2D eigenvalue weighted by Crippen LogP contribution is -2.37. The molecule has 1 amide bonds. The summed E-state index contributed by atoms with van der Waals surface area (Å²) in [5.74, 6) is 2.06. The van der Waals surface area contributed by atoms with E-state index in [1.54, 1.807) is 0 Å². The Morgan fingerprint density at radius 1 is 0.893 bits per heavy atom. The predicted molar refractivity (Wildman–Crippen MR) is 115 cm³/mol. The van der Waals surface area contributed by atoms with Gasteiger partial charge in [0.25, 0.3) is 11.5 Å². The molecule has 0 bridgehead atoms. The first-order valence-corrected chi connectivity index (χ1v) is 10.5. The van der Waals surface area contributed by atoms with Gasteiger partial charge in [0, 0.05) is 46.6 Å². The summed E-state index contributed by atoms with van der Waals surface area (Å²) in [6.07, 6.45) is 0. The monoisotopic (exact) mass is 389 g/mol. The highest BCUT2D eigenvalue weighted by Crippen LogP contribution is 2.25. The SMILES string of the molecule is O=C(c1ccc2[nH]c(-c3cc4ccccc4[nH]c3=O)cc2c1)N1CCSCC1. The Morgan fingerprint density at radius 3 is 2.54 bits per heavy atom. The minimum Gasteiger partial charge on any atom is -0.354 e. The molecule has 0 radical (unpaired) electrons. The molecule has 4 aromatic rings. The molecule has 140 valence electrons. The summed E-state index contributed by atoms with van der Waals surface area (Å²) in [7, 11) is 0. The van der Waals surface area contributed by atoms with E-state index in [0.29, 0.717) is 11.1 Å². The molecule has 1 fully saturated rings. The van der Waals surface area contributed by atoms with Gasteiger partial charge in [-0.3, -0.25) is 9.59 Å². The summed E-state index contributed by atoms with van der Waals surface area (Å²) in [4.78, 5) is 33.5. The van der Waals surface area contributed by atoms with Crippen molar-refractivity contribution in [1.29, 1.82) is 0 Å². The Morgan fingerprint density at radius 2 is 1.68 bits per heavy atom. The summed E-state index contributed by atoms with van der Waals surface area (Å²) in [6, 6.07) is 17.3. The van der Waals surface area contributed by atoms with Crippen LogP contribution >= 0.6 is 11.8 Å². The molecule has 28 heavy (non-hydrogen) atoms. The smallest absolute Gasteiger partial charge is 0.257 e. The van der Waals surface area contributed by atoms with Gasteiger partial charge in [-0.25, -0.2) is 0 Å². The second-order valence-corrected chi connectivity index (χ2v) is 8.21. The van der Waals surface area contributed by atoms with Crippen LogP contribution in [-0.2, 0) is 0 Å². The molecular weight excluding hydrogens is 370 g/mol. The molecule has 2 aromatic carbocycles. The lowest BCUT2D eigenvalue weighted by Gasteiger charge is -2.26. The van der Waals surface area contributed by atoms with Gasteiger partial charge in [-0.2, -0.15) is 11.8 Å². The molecule has 3 heterocycles. The Kier molecular flexibility index (Phi) is 4.20. The number of para-hydroxylation sites is 1. The second kappa shape index (κ2) is 6.87. The van der Waals surface area contributed by atoms with E-state index in [9.17, 15) is 9.59 Å². The van der Waals surface area contributed by atoms with E-state index in [1.165, 1.54) is 0 Å². The molecule has 6 heteroatoms. The maximum Gasteiger partial charge on any atom is 0.257 e. The predicted octanol–water partition coefficient (Wildman–Crippen LogP) is 3.87. The Bertz CT molecular complexity index is 1250. The number of nitrogens with one attached hydrogen (secondary N) is 2. The highest BCUT2D eigenvalue weighted by molar-refractivity contribution is 7.99. The van der Waals surface area contributed by atoms with Crippen molar-refractivity contribution in [1.82, 2.24) is 14.9 Å². The van der Waals surface area contributed by atoms with Gasteiger partial charge in [0.15, 0.2) is 0 Å². The molecule has 0 atom stereocenters. The van der Waals surface area contributed by atoms with E-state index in [0.717, 1.165) is 52.1 Å². The number of carbonyl (C=O) groups is 1. The molecule has 0 spiro atoms. The molecule has 1 aliphatic heterocycles. The first-order valence-electron chi connectivity index (χ1n) is 9.31. The molecule has 1 saturated heterocycles. The van der Waals surface area contributed by atoms with E-state index in [2.05, 4.69) is 9.97 Å². The number of aromatic amines is 2. The first-order chi connectivity index (χ1) is 13.7. The van der Waals surface area contributed by atoms with Crippen molar-refractivity contribution < 1.29 is 4.79 Å². The van der Waals surface area contributed by atoms with Gasteiger partial charge in [0.1, 0.15) is 0 Å². The molecule has 2 N–H and O–H groups in total. The zero-order valence-electron chi connectivity index (χ0n) is 15.2. The third-order valence-corrected chi connectivity index (χ3v) is 6.15. The molecule has 0 unspecified atom stereocenters. The second-order valence-electron chi connectivity index (χ2n) is 6.99. The van der Waals surface area contributed by atoms with E-state index < -0.39 is 0 Å². The molecular formula is C22H19N3O2S. The summed E-state index contributed by atoms with van der Waals surface area (Å²) >= 11 is 1.89. The number of pyridine rings is 1. The van der Waals surface area contributed by atoms with E-state index in [1.807, 2.05) is 71.3 Å². The van der Waals surface area contributed by atoms with Gasteiger partial charge in [0.05, 0.1) is 11.3 Å². The van der Waals surface area contributed by atoms with Crippen LogP contribution < -0.4 is 5.56 Å². The minimum absolute atomic E-state index is 0.0773. The maximum absolute atomic E-state index is 12.8. The summed E-state index contributed by atoms with van der Waals surface area (Å²) < 4.78 is 0. The van der Waals surface area contributed by atoms with Crippen LogP contribution in [0.5, 0.6) is 0 Å². The number of hydrogen-bond acceptors (Lipinski definition) is 3. The van der Waals surface area contributed by atoms with Crippen molar-refractivity contribution in [3.8, 4) is 11.3 Å². The number of nitrogens with zero attached hydrogens (tertiary/aromatic N) is 1. The maximum atomic E-state index is 12.8. The van der Waals surface area contributed by atoms with Gasteiger partial charge in [-0.1, -0.05) is 18.2 Å². The first kappa shape index (κ1) is 17.1. The summed E-state index contributed by atoms with van der Waals surface area (Å²) in [6.45, 7) is 1.60. The number of carbonyl (C=O) groups excluding carboxylic acids is 1. The molecule has 1 aliphatic rings. The van der Waals surface area contributed by atoms with Crippen molar-refractivity contribution in [2.45, 2.75) is 0 Å². The van der Waals surface area contributed by atoms with Crippen LogP contribution in [0, 0.1) is 0 Å². The Balaban J connectivity index is 1.54. The number of amides is 1. The standard InChI is InChI=1S/C22H19N3O2S/c26-21-17(12-14-3-1-2-4-18(14)24-21)20-13-16-11-15(5-6-19(16)23-20)22(27)25-7-9-28-10-8-25/h1-6,11-13,23H,7-10H2,(H,24,26). The highest BCUT2D eigenvalue weighted by atomic mass is 32.2. The van der Waals surface area contributed by atoms with Crippen LogP contribution in [0.15, 0.2) is 59.4 Å². The molecule has 0 saturated carbocycles. The number of benzene rings is 2. The summed E-state index contributed by atoms with van der Waals surface area (Å²) in [5, 5.41) is 1.91. The van der Waals surface area contributed by atoms with E-state index in [-0.39, 0.29) is 11.5 Å². The Labute approximate surface area is 165 Å². The van der Waals surface area contributed by atoms with Gasteiger partial charge < -0.3 is 14.9 Å².